The molecule has 1 aliphatic rings. The third kappa shape index (κ3) is 2.24. The number of hydrogen-bond acceptors (Lipinski definition) is 3. The number of fused-ring (bicyclic) bond motifs is 2. The zero-order chi connectivity index (χ0) is 11.5. The number of rotatable bonds is 4. The Morgan fingerprint density at radius 2 is 1.76 bits per heavy atom. The van der Waals surface area contributed by atoms with Gasteiger partial charge in [-0.15, -0.1) is 0 Å². The lowest BCUT2D eigenvalue weighted by Gasteiger charge is -2.04. The Morgan fingerprint density at radius 3 is 2.65 bits per heavy atom. The molecule has 3 heteroatoms. The molecule has 0 unspecified atom stereocenters. The first kappa shape index (κ1) is 10.2. The molecule has 0 atom stereocenters. The van der Waals surface area contributed by atoms with Crippen LogP contribution in [-0.2, 0) is 18.0 Å². The molecule has 3 rings (SSSR count). The standard InChI is InChI=1S/C14H12O3/c1-2-4-11(5-3-1)9-15-10-12-6-7-13-8-14(12)17-16-13/h1-8H,9-10H2. The van der Waals surface area contributed by atoms with Gasteiger partial charge in [0.05, 0.1) is 13.2 Å². The Labute approximate surface area is 99.5 Å². The molecule has 0 saturated carbocycles. The summed E-state index contributed by atoms with van der Waals surface area (Å²) in [5.74, 6) is 1.49. The third-order valence-electron chi connectivity index (χ3n) is 2.64. The lowest BCUT2D eigenvalue weighted by molar-refractivity contribution is -0.0862. The smallest absolute Gasteiger partial charge is 0.188 e. The van der Waals surface area contributed by atoms with E-state index in [9.17, 15) is 0 Å². The quantitative estimate of drug-likeness (QED) is 0.752. The van der Waals surface area contributed by atoms with Crippen LogP contribution in [-0.4, -0.2) is 0 Å². The molecule has 86 valence electrons. The topological polar surface area (TPSA) is 27.7 Å². The van der Waals surface area contributed by atoms with Gasteiger partial charge in [0.1, 0.15) is 0 Å². The fraction of sp³-hybridized carbons (Fsp3) is 0.143. The molecule has 0 N–H and O–H groups in total. The highest BCUT2D eigenvalue weighted by Crippen LogP contribution is 2.31. The molecule has 2 aromatic carbocycles. The van der Waals surface area contributed by atoms with Gasteiger partial charge in [-0.25, -0.2) is 0 Å². The molecule has 0 amide bonds. The minimum atomic E-state index is 0.522. The molecule has 0 fully saturated rings. The lowest BCUT2D eigenvalue weighted by Crippen LogP contribution is -1.96. The van der Waals surface area contributed by atoms with Crippen LogP contribution in [0.5, 0.6) is 11.5 Å². The lowest BCUT2D eigenvalue weighted by atomic mass is 10.2. The van der Waals surface area contributed by atoms with Crippen LogP contribution < -0.4 is 9.78 Å². The van der Waals surface area contributed by atoms with Gasteiger partial charge in [0.15, 0.2) is 11.5 Å². The van der Waals surface area contributed by atoms with Gasteiger partial charge < -0.3 is 4.74 Å². The Bertz CT molecular complexity index is 508. The fourth-order valence-electron chi connectivity index (χ4n) is 1.73. The van der Waals surface area contributed by atoms with Gasteiger partial charge in [-0.1, -0.05) is 30.3 Å². The van der Waals surface area contributed by atoms with Crippen LogP contribution in [0.4, 0.5) is 0 Å². The normalized spacial score (nSPS) is 12.0. The van der Waals surface area contributed by atoms with Crippen molar-refractivity contribution in [3.05, 3.63) is 59.7 Å². The minimum Gasteiger partial charge on any atom is -0.372 e. The SMILES string of the molecule is c1ccc(COCc2ccc3cc2OO3)cc1. The third-order valence-corrected chi connectivity index (χ3v) is 2.64. The molecule has 3 nitrogen and oxygen atoms in total. The van der Waals surface area contributed by atoms with Crippen LogP contribution in [0.1, 0.15) is 11.1 Å². The average Bonchev–Trinajstić information content (AvgIpc) is 2.76. The molecular weight excluding hydrogens is 216 g/mol. The van der Waals surface area contributed by atoms with Crippen LogP contribution in [0.25, 0.3) is 0 Å². The van der Waals surface area contributed by atoms with Crippen molar-refractivity contribution in [2.24, 2.45) is 0 Å². The van der Waals surface area contributed by atoms with Crippen molar-refractivity contribution in [1.29, 1.82) is 0 Å². The van der Waals surface area contributed by atoms with Gasteiger partial charge >= 0.3 is 0 Å². The van der Waals surface area contributed by atoms with Gasteiger partial charge in [0, 0.05) is 11.6 Å². The highest BCUT2D eigenvalue weighted by Gasteiger charge is 2.14. The number of benzene rings is 2. The molecule has 0 spiro atoms. The van der Waals surface area contributed by atoms with Crippen LogP contribution >= 0.6 is 0 Å². The monoisotopic (exact) mass is 228 g/mol. The maximum Gasteiger partial charge on any atom is 0.188 e. The second-order valence-corrected chi connectivity index (χ2v) is 3.91. The number of hydrogen-bond donors (Lipinski definition) is 0. The molecular formula is C14H12O3. The summed E-state index contributed by atoms with van der Waals surface area (Å²) >= 11 is 0. The van der Waals surface area contributed by atoms with E-state index in [1.165, 1.54) is 0 Å². The van der Waals surface area contributed by atoms with Gasteiger partial charge in [-0.2, -0.15) is 0 Å². The van der Waals surface area contributed by atoms with Crippen LogP contribution in [0.2, 0.25) is 0 Å². The molecule has 2 aromatic rings. The first-order chi connectivity index (χ1) is 8.42. The molecule has 1 heterocycles. The van der Waals surface area contributed by atoms with E-state index in [2.05, 4.69) is 0 Å². The van der Waals surface area contributed by atoms with Crippen molar-refractivity contribution in [2.75, 3.05) is 0 Å². The Morgan fingerprint density at radius 1 is 0.882 bits per heavy atom. The van der Waals surface area contributed by atoms with E-state index in [1.807, 2.05) is 48.5 Å². The second kappa shape index (κ2) is 4.47. The van der Waals surface area contributed by atoms with Crippen molar-refractivity contribution in [3.63, 3.8) is 0 Å². The minimum absolute atomic E-state index is 0.522. The van der Waals surface area contributed by atoms with E-state index in [1.54, 1.807) is 0 Å². The summed E-state index contributed by atoms with van der Waals surface area (Å²) in [5, 5.41) is 0. The molecule has 0 aliphatic carbocycles. The Hall–Kier alpha value is -2.00. The summed E-state index contributed by atoms with van der Waals surface area (Å²) in [6.07, 6.45) is 0. The summed E-state index contributed by atoms with van der Waals surface area (Å²) < 4.78 is 5.64. The highest BCUT2D eigenvalue weighted by atomic mass is 17.2. The first-order valence-corrected chi connectivity index (χ1v) is 5.51. The maximum absolute atomic E-state index is 5.64. The highest BCUT2D eigenvalue weighted by molar-refractivity contribution is 5.42. The van der Waals surface area contributed by atoms with E-state index in [4.69, 9.17) is 14.5 Å². The van der Waals surface area contributed by atoms with Crippen molar-refractivity contribution in [3.8, 4) is 11.5 Å². The predicted octanol–water partition coefficient (Wildman–Crippen LogP) is 3.09. The first-order valence-electron chi connectivity index (χ1n) is 5.51. The van der Waals surface area contributed by atoms with Crippen LogP contribution in [0.15, 0.2) is 48.5 Å². The largest absolute Gasteiger partial charge is 0.372 e. The van der Waals surface area contributed by atoms with E-state index >= 15 is 0 Å². The molecule has 17 heavy (non-hydrogen) atoms. The van der Waals surface area contributed by atoms with Gasteiger partial charge in [-0.05, 0) is 17.7 Å². The van der Waals surface area contributed by atoms with Gasteiger partial charge in [-0.3, -0.25) is 9.78 Å². The van der Waals surface area contributed by atoms with E-state index in [0.29, 0.717) is 13.2 Å². The van der Waals surface area contributed by atoms with Crippen molar-refractivity contribution in [1.82, 2.24) is 0 Å². The van der Waals surface area contributed by atoms with Crippen molar-refractivity contribution < 1.29 is 14.5 Å². The summed E-state index contributed by atoms with van der Waals surface area (Å²) in [7, 11) is 0. The van der Waals surface area contributed by atoms with Crippen LogP contribution in [0.3, 0.4) is 0 Å². The summed E-state index contributed by atoms with van der Waals surface area (Å²) in [6.45, 7) is 1.12. The van der Waals surface area contributed by atoms with Crippen molar-refractivity contribution >= 4 is 0 Å². The average molecular weight is 228 g/mol. The van der Waals surface area contributed by atoms with E-state index in [-0.39, 0.29) is 0 Å². The van der Waals surface area contributed by atoms with E-state index in [0.717, 1.165) is 22.6 Å². The molecule has 2 bridgehead atoms. The molecule has 1 aliphatic heterocycles. The molecule has 0 saturated heterocycles. The summed E-state index contributed by atoms with van der Waals surface area (Å²) in [6, 6.07) is 15.8. The zero-order valence-electron chi connectivity index (χ0n) is 9.26. The van der Waals surface area contributed by atoms with Gasteiger partial charge in [0.2, 0.25) is 0 Å². The molecule has 0 radical (unpaired) electrons. The maximum atomic E-state index is 5.64. The number of ether oxygens (including phenoxy) is 1. The summed E-state index contributed by atoms with van der Waals surface area (Å²) in [4.78, 5) is 9.97. The second-order valence-electron chi connectivity index (χ2n) is 3.91. The van der Waals surface area contributed by atoms with E-state index < -0.39 is 0 Å². The van der Waals surface area contributed by atoms with Crippen LogP contribution in [0, 0.1) is 0 Å². The Kier molecular flexibility index (Phi) is 2.68. The molecule has 0 aromatic heterocycles. The Balaban J connectivity index is 1.59. The predicted molar refractivity (Wildman–Crippen MR) is 62.6 cm³/mol. The fourth-order valence-corrected chi connectivity index (χ4v) is 1.73. The zero-order valence-corrected chi connectivity index (χ0v) is 9.26. The van der Waals surface area contributed by atoms with Crippen molar-refractivity contribution in [2.45, 2.75) is 13.2 Å². The van der Waals surface area contributed by atoms with Gasteiger partial charge in [0.25, 0.3) is 0 Å². The summed E-state index contributed by atoms with van der Waals surface area (Å²) in [5.41, 5.74) is 2.17.